The van der Waals surface area contributed by atoms with Crippen LogP contribution in [-0.2, 0) is 6.42 Å². The Kier molecular flexibility index (Phi) is 5.13. The van der Waals surface area contributed by atoms with Gasteiger partial charge in [0.05, 0.1) is 6.10 Å². The number of aliphatic hydroxyl groups is 1. The fourth-order valence-corrected chi connectivity index (χ4v) is 2.46. The molecule has 0 aliphatic carbocycles. The Balaban J connectivity index is 1.66. The predicted octanol–water partition coefficient (Wildman–Crippen LogP) is 2.86. The number of hydrogen-bond donors (Lipinski definition) is 2. The highest BCUT2D eigenvalue weighted by Crippen LogP contribution is 2.16. The van der Waals surface area contributed by atoms with Crippen molar-refractivity contribution >= 4 is 5.82 Å². The minimum atomic E-state index is -0.482. The van der Waals surface area contributed by atoms with Crippen LogP contribution >= 0.6 is 0 Å². The molecule has 0 saturated carbocycles. The summed E-state index contributed by atoms with van der Waals surface area (Å²) >= 11 is 0. The van der Waals surface area contributed by atoms with Crippen LogP contribution in [0.2, 0.25) is 0 Å². The van der Waals surface area contributed by atoms with E-state index in [4.69, 9.17) is 0 Å². The minimum absolute atomic E-state index is 0.428. The third-order valence-corrected chi connectivity index (χ3v) is 3.61. The Morgan fingerprint density at radius 3 is 2.67 bits per heavy atom. The normalized spacial score (nSPS) is 11.9. The first-order valence-electron chi connectivity index (χ1n) is 7.92. The highest BCUT2D eigenvalue weighted by atomic mass is 16.3. The van der Waals surface area contributed by atoms with Crippen LogP contribution in [0.25, 0.3) is 11.4 Å². The van der Waals surface area contributed by atoms with Gasteiger partial charge in [-0.1, -0.05) is 30.3 Å². The van der Waals surface area contributed by atoms with E-state index in [0.717, 1.165) is 16.8 Å². The number of pyridine rings is 1. The van der Waals surface area contributed by atoms with E-state index in [2.05, 4.69) is 20.3 Å². The molecular formula is C19H20N4O. The number of rotatable bonds is 6. The van der Waals surface area contributed by atoms with Gasteiger partial charge in [0.25, 0.3) is 0 Å². The fourth-order valence-electron chi connectivity index (χ4n) is 2.46. The van der Waals surface area contributed by atoms with Gasteiger partial charge in [-0.2, -0.15) is 0 Å². The number of aryl methyl sites for hydroxylation is 1. The molecule has 2 aromatic heterocycles. The Bertz CT molecular complexity index is 778. The van der Waals surface area contributed by atoms with Gasteiger partial charge in [-0.15, -0.1) is 0 Å². The molecule has 0 bridgehead atoms. The van der Waals surface area contributed by atoms with Crippen LogP contribution < -0.4 is 5.32 Å². The molecule has 0 amide bonds. The van der Waals surface area contributed by atoms with Crippen LogP contribution in [0.3, 0.4) is 0 Å². The molecule has 3 rings (SSSR count). The van der Waals surface area contributed by atoms with E-state index in [1.54, 1.807) is 12.4 Å². The lowest BCUT2D eigenvalue weighted by Gasteiger charge is -2.13. The molecule has 0 saturated heterocycles. The van der Waals surface area contributed by atoms with Crippen LogP contribution in [0.1, 0.15) is 11.3 Å². The van der Waals surface area contributed by atoms with Gasteiger partial charge in [0.15, 0.2) is 5.82 Å². The molecule has 0 aliphatic heterocycles. The van der Waals surface area contributed by atoms with E-state index >= 15 is 0 Å². The molecule has 0 fully saturated rings. The molecule has 5 nitrogen and oxygen atoms in total. The van der Waals surface area contributed by atoms with Crippen molar-refractivity contribution in [3.8, 4) is 11.4 Å². The zero-order valence-electron chi connectivity index (χ0n) is 13.6. The Hall–Kier alpha value is -2.79. The van der Waals surface area contributed by atoms with Crippen molar-refractivity contribution in [3.63, 3.8) is 0 Å². The maximum atomic E-state index is 10.2. The van der Waals surface area contributed by atoms with Crippen molar-refractivity contribution in [2.75, 3.05) is 11.9 Å². The summed E-state index contributed by atoms with van der Waals surface area (Å²) in [6.45, 7) is 2.35. The van der Waals surface area contributed by atoms with E-state index in [1.807, 2.05) is 55.5 Å². The molecule has 0 radical (unpaired) electrons. The SMILES string of the molecule is Cc1cc(NCC(O)Cc2ccccc2)nc(-c2cccnc2)n1. The largest absolute Gasteiger partial charge is 0.391 e. The molecule has 122 valence electrons. The van der Waals surface area contributed by atoms with Gasteiger partial charge in [-0.05, 0) is 24.6 Å². The highest BCUT2D eigenvalue weighted by Gasteiger charge is 2.08. The second-order valence-corrected chi connectivity index (χ2v) is 5.68. The third kappa shape index (κ3) is 4.36. The van der Waals surface area contributed by atoms with Gasteiger partial charge in [-0.3, -0.25) is 4.98 Å². The molecule has 0 spiro atoms. The zero-order chi connectivity index (χ0) is 16.8. The van der Waals surface area contributed by atoms with Crippen LogP contribution in [0.5, 0.6) is 0 Å². The monoisotopic (exact) mass is 320 g/mol. The second kappa shape index (κ2) is 7.66. The van der Waals surface area contributed by atoms with E-state index in [0.29, 0.717) is 24.6 Å². The molecular weight excluding hydrogens is 300 g/mol. The quantitative estimate of drug-likeness (QED) is 0.731. The summed E-state index contributed by atoms with van der Waals surface area (Å²) in [5.74, 6) is 1.33. The average Bonchev–Trinajstić information content (AvgIpc) is 2.61. The topological polar surface area (TPSA) is 70.9 Å². The number of anilines is 1. The van der Waals surface area contributed by atoms with Crippen molar-refractivity contribution < 1.29 is 5.11 Å². The van der Waals surface area contributed by atoms with E-state index < -0.39 is 6.10 Å². The Morgan fingerprint density at radius 2 is 1.92 bits per heavy atom. The fraction of sp³-hybridized carbons (Fsp3) is 0.211. The molecule has 24 heavy (non-hydrogen) atoms. The van der Waals surface area contributed by atoms with E-state index in [9.17, 15) is 5.11 Å². The molecule has 5 heteroatoms. The lowest BCUT2D eigenvalue weighted by atomic mass is 10.1. The first-order valence-corrected chi connectivity index (χ1v) is 7.92. The van der Waals surface area contributed by atoms with E-state index in [-0.39, 0.29) is 0 Å². The van der Waals surface area contributed by atoms with Crippen LogP contribution in [0.4, 0.5) is 5.82 Å². The average molecular weight is 320 g/mol. The number of nitrogens with zero attached hydrogens (tertiary/aromatic N) is 3. The predicted molar refractivity (Wildman–Crippen MR) is 94.6 cm³/mol. The number of hydrogen-bond acceptors (Lipinski definition) is 5. The standard InChI is InChI=1S/C19H20N4O/c1-14-10-18(23-19(22-14)16-8-5-9-20-12-16)21-13-17(24)11-15-6-3-2-4-7-15/h2-10,12,17,24H,11,13H2,1H3,(H,21,22,23). The summed E-state index contributed by atoms with van der Waals surface area (Å²) in [5, 5.41) is 13.4. The summed E-state index contributed by atoms with van der Waals surface area (Å²) in [5.41, 5.74) is 2.85. The van der Waals surface area contributed by atoms with Gasteiger partial charge in [0.2, 0.25) is 0 Å². The maximum absolute atomic E-state index is 10.2. The van der Waals surface area contributed by atoms with Crippen molar-refractivity contribution in [2.45, 2.75) is 19.4 Å². The van der Waals surface area contributed by atoms with Crippen LogP contribution in [0.15, 0.2) is 60.9 Å². The second-order valence-electron chi connectivity index (χ2n) is 5.68. The van der Waals surface area contributed by atoms with Crippen LogP contribution in [0, 0.1) is 6.92 Å². The number of aliphatic hydroxyl groups excluding tert-OH is 1. The maximum Gasteiger partial charge on any atom is 0.163 e. The van der Waals surface area contributed by atoms with Gasteiger partial charge in [0.1, 0.15) is 5.82 Å². The third-order valence-electron chi connectivity index (χ3n) is 3.61. The van der Waals surface area contributed by atoms with Gasteiger partial charge >= 0.3 is 0 Å². The molecule has 0 aliphatic rings. The van der Waals surface area contributed by atoms with Crippen molar-refractivity contribution in [2.24, 2.45) is 0 Å². The zero-order valence-corrected chi connectivity index (χ0v) is 13.6. The smallest absolute Gasteiger partial charge is 0.163 e. The Morgan fingerprint density at radius 1 is 1.08 bits per heavy atom. The molecule has 2 N–H and O–H groups in total. The summed E-state index contributed by atoms with van der Waals surface area (Å²) in [6, 6.07) is 15.6. The highest BCUT2D eigenvalue weighted by molar-refractivity contribution is 5.56. The van der Waals surface area contributed by atoms with Gasteiger partial charge < -0.3 is 10.4 Å². The van der Waals surface area contributed by atoms with Crippen molar-refractivity contribution in [3.05, 3.63) is 72.2 Å². The number of benzene rings is 1. The molecule has 3 aromatic rings. The Labute approximate surface area is 141 Å². The molecule has 2 heterocycles. The van der Waals surface area contributed by atoms with Crippen molar-refractivity contribution in [1.82, 2.24) is 15.0 Å². The first kappa shape index (κ1) is 16.1. The summed E-state index contributed by atoms with van der Waals surface area (Å²) in [4.78, 5) is 13.1. The van der Waals surface area contributed by atoms with Crippen molar-refractivity contribution in [1.29, 1.82) is 0 Å². The van der Waals surface area contributed by atoms with Gasteiger partial charge in [0, 0.05) is 42.7 Å². The first-order chi connectivity index (χ1) is 11.7. The van der Waals surface area contributed by atoms with E-state index in [1.165, 1.54) is 0 Å². The lowest BCUT2D eigenvalue weighted by molar-refractivity contribution is 0.188. The van der Waals surface area contributed by atoms with Gasteiger partial charge in [-0.25, -0.2) is 9.97 Å². The summed E-state index contributed by atoms with van der Waals surface area (Å²) < 4.78 is 0. The molecule has 1 unspecified atom stereocenters. The molecule has 1 atom stereocenters. The summed E-state index contributed by atoms with van der Waals surface area (Å²) in [7, 11) is 0. The van der Waals surface area contributed by atoms with Crippen LogP contribution in [-0.4, -0.2) is 32.7 Å². The number of aromatic nitrogens is 3. The minimum Gasteiger partial charge on any atom is -0.391 e. The number of nitrogens with one attached hydrogen (secondary N) is 1. The lowest BCUT2D eigenvalue weighted by Crippen LogP contribution is -2.22. The summed E-state index contributed by atoms with van der Waals surface area (Å²) in [6.07, 6.45) is 3.58. The molecule has 1 aromatic carbocycles.